The second-order valence-electron chi connectivity index (χ2n) is 2.97. The van der Waals surface area contributed by atoms with Crippen molar-refractivity contribution in [3.8, 4) is 0 Å². The summed E-state index contributed by atoms with van der Waals surface area (Å²) in [5.74, 6) is -0.821. The molecule has 1 atom stereocenters. The van der Waals surface area contributed by atoms with E-state index >= 15 is 0 Å². The second kappa shape index (κ2) is 6.79. The number of hydrogen-bond donors (Lipinski definition) is 2. The van der Waals surface area contributed by atoms with Crippen molar-refractivity contribution in [1.82, 2.24) is 9.03 Å². The zero-order chi connectivity index (χ0) is 12.8. The fourth-order valence-corrected chi connectivity index (χ4v) is 2.48. The number of carbonyl (C=O) groups is 1. The van der Waals surface area contributed by atoms with Crippen molar-refractivity contribution in [2.75, 3.05) is 26.8 Å². The van der Waals surface area contributed by atoms with Crippen molar-refractivity contribution in [3.63, 3.8) is 0 Å². The summed E-state index contributed by atoms with van der Waals surface area (Å²) >= 11 is 0. The molecule has 8 heteroatoms. The molecule has 1 unspecified atom stereocenters. The van der Waals surface area contributed by atoms with E-state index < -0.39 is 28.8 Å². The molecule has 0 saturated heterocycles. The van der Waals surface area contributed by atoms with E-state index in [2.05, 4.69) is 9.46 Å². The van der Waals surface area contributed by atoms with Crippen LogP contribution in [-0.4, -0.2) is 56.6 Å². The Morgan fingerprint density at radius 1 is 1.44 bits per heavy atom. The molecule has 0 fully saturated rings. The first-order chi connectivity index (χ1) is 7.42. The van der Waals surface area contributed by atoms with Crippen LogP contribution in [0.1, 0.15) is 13.8 Å². The number of aliphatic hydroxyl groups is 1. The summed E-state index contributed by atoms with van der Waals surface area (Å²) in [6, 6.07) is -1.27. The monoisotopic (exact) mass is 254 g/mol. The maximum Gasteiger partial charge on any atom is 0.326 e. The van der Waals surface area contributed by atoms with Crippen molar-refractivity contribution < 1.29 is 23.1 Å². The molecule has 0 rings (SSSR count). The highest BCUT2D eigenvalue weighted by atomic mass is 32.2. The summed E-state index contributed by atoms with van der Waals surface area (Å²) in [4.78, 5) is 11.1. The third-order valence-corrected chi connectivity index (χ3v) is 3.78. The summed E-state index contributed by atoms with van der Waals surface area (Å²) in [5, 5.41) is 8.87. The predicted octanol–water partition coefficient (Wildman–Crippen LogP) is -1.30. The highest BCUT2D eigenvalue weighted by Crippen LogP contribution is 1.99. The molecule has 0 aliphatic heterocycles. The Bertz CT molecular complexity index is 312. The Kier molecular flexibility index (Phi) is 6.49. The fourth-order valence-electron chi connectivity index (χ4n) is 1.12. The van der Waals surface area contributed by atoms with Crippen molar-refractivity contribution in [3.05, 3.63) is 0 Å². The van der Waals surface area contributed by atoms with Crippen LogP contribution in [0.25, 0.3) is 0 Å². The minimum absolute atomic E-state index is 0.283. The molecule has 0 heterocycles. The van der Waals surface area contributed by atoms with Crippen molar-refractivity contribution in [2.24, 2.45) is 0 Å². The molecule has 0 aromatic heterocycles. The zero-order valence-electron chi connectivity index (χ0n) is 9.63. The van der Waals surface area contributed by atoms with Crippen LogP contribution in [0.2, 0.25) is 0 Å². The standard InChI is InChI=1S/C8H18N2O5S/c1-4-10(5-2)16(13,14)9-7(6-11)8(12)15-3/h7,9,11H,4-6H2,1-3H3. The number of aliphatic hydroxyl groups excluding tert-OH is 1. The van der Waals surface area contributed by atoms with E-state index in [0.717, 1.165) is 11.4 Å². The quantitative estimate of drug-likeness (QED) is 0.550. The highest BCUT2D eigenvalue weighted by molar-refractivity contribution is 7.87. The summed E-state index contributed by atoms with van der Waals surface area (Å²) < 4.78 is 30.9. The van der Waals surface area contributed by atoms with Crippen molar-refractivity contribution >= 4 is 16.2 Å². The molecule has 0 aromatic carbocycles. The van der Waals surface area contributed by atoms with Crippen LogP contribution in [-0.2, 0) is 19.7 Å². The molecule has 7 nitrogen and oxygen atoms in total. The van der Waals surface area contributed by atoms with Gasteiger partial charge < -0.3 is 9.84 Å². The van der Waals surface area contributed by atoms with E-state index in [1.165, 1.54) is 0 Å². The molecule has 16 heavy (non-hydrogen) atoms. The predicted molar refractivity (Wildman–Crippen MR) is 57.9 cm³/mol. The summed E-state index contributed by atoms with van der Waals surface area (Å²) in [6.45, 7) is 3.27. The average Bonchev–Trinajstić information content (AvgIpc) is 2.26. The number of ether oxygens (including phenoxy) is 1. The van der Waals surface area contributed by atoms with Crippen LogP contribution in [0.3, 0.4) is 0 Å². The number of esters is 1. The Morgan fingerprint density at radius 2 is 1.94 bits per heavy atom. The highest BCUT2D eigenvalue weighted by Gasteiger charge is 2.27. The first-order valence-corrected chi connectivity index (χ1v) is 6.33. The van der Waals surface area contributed by atoms with Crippen LogP contribution in [0.4, 0.5) is 0 Å². The topological polar surface area (TPSA) is 95.9 Å². The third kappa shape index (κ3) is 4.05. The number of hydrogen-bond acceptors (Lipinski definition) is 5. The van der Waals surface area contributed by atoms with Crippen LogP contribution in [0.5, 0.6) is 0 Å². The van der Waals surface area contributed by atoms with Crippen LogP contribution >= 0.6 is 0 Å². The zero-order valence-corrected chi connectivity index (χ0v) is 10.5. The Morgan fingerprint density at radius 3 is 2.25 bits per heavy atom. The maximum absolute atomic E-state index is 11.7. The smallest absolute Gasteiger partial charge is 0.326 e. The molecular formula is C8H18N2O5S. The molecular weight excluding hydrogens is 236 g/mol. The lowest BCUT2D eigenvalue weighted by molar-refractivity contribution is -0.143. The van der Waals surface area contributed by atoms with E-state index in [1.807, 2.05) is 0 Å². The number of nitrogens with zero attached hydrogens (tertiary/aromatic N) is 1. The fraction of sp³-hybridized carbons (Fsp3) is 0.875. The van der Waals surface area contributed by atoms with Gasteiger partial charge in [0.1, 0.15) is 6.04 Å². The molecule has 0 aliphatic carbocycles. The lowest BCUT2D eigenvalue weighted by Crippen LogP contribution is -2.50. The van der Waals surface area contributed by atoms with Gasteiger partial charge in [0.15, 0.2) is 0 Å². The molecule has 0 bridgehead atoms. The molecule has 0 spiro atoms. The SMILES string of the molecule is CCN(CC)S(=O)(=O)NC(CO)C(=O)OC. The van der Waals surface area contributed by atoms with Crippen LogP contribution in [0.15, 0.2) is 0 Å². The Hall–Kier alpha value is -0.700. The Labute approximate surface area is 95.6 Å². The van der Waals surface area contributed by atoms with Gasteiger partial charge in [0, 0.05) is 13.1 Å². The average molecular weight is 254 g/mol. The first kappa shape index (κ1) is 15.3. The molecule has 96 valence electrons. The summed E-state index contributed by atoms with van der Waals surface area (Å²) in [7, 11) is -2.64. The van der Waals surface area contributed by atoms with Crippen molar-refractivity contribution in [1.29, 1.82) is 0 Å². The second-order valence-corrected chi connectivity index (χ2v) is 4.67. The van der Waals surface area contributed by atoms with Gasteiger partial charge in [-0.3, -0.25) is 4.79 Å². The van der Waals surface area contributed by atoms with Gasteiger partial charge in [0.05, 0.1) is 13.7 Å². The lowest BCUT2D eigenvalue weighted by Gasteiger charge is -2.21. The third-order valence-electron chi connectivity index (χ3n) is 2.00. The molecule has 0 saturated carbocycles. The number of rotatable bonds is 7. The van der Waals surface area contributed by atoms with Gasteiger partial charge in [0.25, 0.3) is 10.2 Å². The Balaban J connectivity index is 4.73. The van der Waals surface area contributed by atoms with Gasteiger partial charge in [-0.15, -0.1) is 0 Å². The van der Waals surface area contributed by atoms with Gasteiger partial charge in [-0.25, -0.2) is 0 Å². The normalized spacial score (nSPS) is 13.8. The van der Waals surface area contributed by atoms with Crippen LogP contribution in [0, 0.1) is 0 Å². The molecule has 2 N–H and O–H groups in total. The van der Waals surface area contributed by atoms with E-state index in [1.54, 1.807) is 13.8 Å². The van der Waals surface area contributed by atoms with Gasteiger partial charge in [-0.05, 0) is 0 Å². The van der Waals surface area contributed by atoms with E-state index in [-0.39, 0.29) is 13.1 Å². The lowest BCUT2D eigenvalue weighted by atomic mass is 10.3. The molecule has 0 aromatic rings. The minimum atomic E-state index is -3.77. The molecule has 0 aliphatic rings. The number of nitrogens with one attached hydrogen (secondary N) is 1. The number of methoxy groups -OCH3 is 1. The summed E-state index contributed by atoms with van der Waals surface area (Å²) in [5.41, 5.74) is 0. The molecule has 0 amide bonds. The summed E-state index contributed by atoms with van der Waals surface area (Å²) in [6.07, 6.45) is 0. The van der Waals surface area contributed by atoms with Crippen molar-refractivity contribution in [2.45, 2.75) is 19.9 Å². The first-order valence-electron chi connectivity index (χ1n) is 4.89. The molecule has 0 radical (unpaired) electrons. The van der Waals surface area contributed by atoms with Crippen LogP contribution < -0.4 is 4.72 Å². The van der Waals surface area contributed by atoms with Gasteiger partial charge in [-0.2, -0.15) is 17.4 Å². The van der Waals surface area contributed by atoms with E-state index in [0.29, 0.717) is 0 Å². The van der Waals surface area contributed by atoms with E-state index in [4.69, 9.17) is 5.11 Å². The maximum atomic E-state index is 11.7. The van der Waals surface area contributed by atoms with E-state index in [9.17, 15) is 13.2 Å². The van der Waals surface area contributed by atoms with Gasteiger partial charge in [-0.1, -0.05) is 13.8 Å². The van der Waals surface area contributed by atoms with Gasteiger partial charge in [0.2, 0.25) is 0 Å². The minimum Gasteiger partial charge on any atom is -0.468 e. The number of carbonyl (C=O) groups excluding carboxylic acids is 1. The van der Waals surface area contributed by atoms with Gasteiger partial charge >= 0.3 is 5.97 Å². The largest absolute Gasteiger partial charge is 0.468 e.